The molecule has 0 aliphatic carbocycles. The molecule has 0 saturated heterocycles. The molecule has 1 aromatic rings. The van der Waals surface area contributed by atoms with Crippen LogP contribution in [-0.4, -0.2) is 22.0 Å². The first-order valence-electron chi connectivity index (χ1n) is 3.27. The molecule has 0 N–H and O–H groups in total. The number of thioether (sulfide) groups is 1. The summed E-state index contributed by atoms with van der Waals surface area (Å²) in [5.74, 6) is 0.757. The SMILES string of the molecule is O=CCCSc1ncccn1. The van der Waals surface area contributed by atoms with E-state index < -0.39 is 0 Å². The molecule has 0 spiro atoms. The number of aldehydes is 1. The summed E-state index contributed by atoms with van der Waals surface area (Å²) in [4.78, 5) is 17.9. The van der Waals surface area contributed by atoms with Gasteiger partial charge in [-0.05, 0) is 6.07 Å². The highest BCUT2D eigenvalue weighted by Gasteiger charge is 1.92. The molecular weight excluding hydrogens is 160 g/mol. The van der Waals surface area contributed by atoms with Crippen LogP contribution < -0.4 is 0 Å². The zero-order chi connectivity index (χ0) is 7.94. The maximum absolute atomic E-state index is 9.94. The molecule has 11 heavy (non-hydrogen) atoms. The first kappa shape index (κ1) is 8.20. The van der Waals surface area contributed by atoms with Gasteiger partial charge < -0.3 is 4.79 Å². The lowest BCUT2D eigenvalue weighted by atomic mass is 10.6. The van der Waals surface area contributed by atoms with Crippen LogP contribution in [0.15, 0.2) is 23.6 Å². The summed E-state index contributed by atoms with van der Waals surface area (Å²) in [5.41, 5.74) is 0. The van der Waals surface area contributed by atoms with E-state index in [0.717, 1.165) is 17.2 Å². The average molecular weight is 168 g/mol. The Balaban J connectivity index is 2.33. The van der Waals surface area contributed by atoms with Gasteiger partial charge in [-0.25, -0.2) is 9.97 Å². The molecule has 3 nitrogen and oxygen atoms in total. The van der Waals surface area contributed by atoms with Crippen LogP contribution >= 0.6 is 11.8 Å². The van der Waals surface area contributed by atoms with Gasteiger partial charge in [0.25, 0.3) is 0 Å². The summed E-state index contributed by atoms with van der Waals surface area (Å²) in [6.07, 6.45) is 4.84. The normalized spacial score (nSPS) is 9.45. The molecule has 0 bridgehead atoms. The van der Waals surface area contributed by atoms with Gasteiger partial charge in [-0.15, -0.1) is 0 Å². The minimum Gasteiger partial charge on any atom is -0.303 e. The fourth-order valence-electron chi connectivity index (χ4n) is 0.558. The van der Waals surface area contributed by atoms with Gasteiger partial charge in [-0.1, -0.05) is 11.8 Å². The molecule has 1 heterocycles. The molecular formula is C7H8N2OS. The maximum Gasteiger partial charge on any atom is 0.187 e. The van der Waals surface area contributed by atoms with E-state index in [1.165, 1.54) is 11.8 Å². The molecule has 0 radical (unpaired) electrons. The average Bonchev–Trinajstić information content (AvgIpc) is 2.07. The molecule has 1 aromatic heterocycles. The van der Waals surface area contributed by atoms with Crippen LogP contribution in [0.1, 0.15) is 6.42 Å². The van der Waals surface area contributed by atoms with Crippen molar-refractivity contribution in [1.29, 1.82) is 0 Å². The van der Waals surface area contributed by atoms with Crippen LogP contribution in [0, 0.1) is 0 Å². The number of nitrogens with zero attached hydrogens (tertiary/aromatic N) is 2. The Morgan fingerprint density at radius 2 is 2.18 bits per heavy atom. The van der Waals surface area contributed by atoms with Gasteiger partial charge in [0, 0.05) is 24.6 Å². The Kier molecular flexibility index (Phi) is 3.61. The number of carbonyl (C=O) groups excluding carboxylic acids is 1. The second-order valence-corrected chi connectivity index (χ2v) is 2.90. The van der Waals surface area contributed by atoms with E-state index in [9.17, 15) is 4.79 Å². The lowest BCUT2D eigenvalue weighted by Crippen LogP contribution is -1.86. The van der Waals surface area contributed by atoms with Crippen molar-refractivity contribution in [3.05, 3.63) is 18.5 Å². The Bertz CT molecular complexity index is 215. The zero-order valence-electron chi connectivity index (χ0n) is 5.93. The van der Waals surface area contributed by atoms with Crippen molar-refractivity contribution >= 4 is 18.0 Å². The second-order valence-electron chi connectivity index (χ2n) is 1.84. The molecule has 0 aliphatic heterocycles. The topological polar surface area (TPSA) is 42.9 Å². The van der Waals surface area contributed by atoms with Crippen LogP contribution in [0.5, 0.6) is 0 Å². The standard InChI is InChI=1S/C7H8N2OS/c10-5-2-6-11-7-8-3-1-4-9-7/h1,3-5H,2,6H2. The number of aromatic nitrogens is 2. The van der Waals surface area contributed by atoms with Crippen molar-refractivity contribution < 1.29 is 4.79 Å². The molecule has 0 aromatic carbocycles. The van der Waals surface area contributed by atoms with Crippen molar-refractivity contribution in [2.75, 3.05) is 5.75 Å². The highest BCUT2D eigenvalue weighted by atomic mass is 32.2. The third kappa shape index (κ3) is 3.13. The van der Waals surface area contributed by atoms with Crippen LogP contribution in [-0.2, 0) is 4.79 Å². The lowest BCUT2D eigenvalue weighted by molar-refractivity contribution is -0.107. The van der Waals surface area contributed by atoms with Gasteiger partial charge >= 0.3 is 0 Å². The minimum atomic E-state index is 0.558. The summed E-state index contributed by atoms with van der Waals surface area (Å²) >= 11 is 1.49. The van der Waals surface area contributed by atoms with Crippen LogP contribution in [0.2, 0.25) is 0 Å². The largest absolute Gasteiger partial charge is 0.303 e. The first-order valence-corrected chi connectivity index (χ1v) is 4.25. The summed E-state index contributed by atoms with van der Waals surface area (Å²) in [6.45, 7) is 0. The maximum atomic E-state index is 9.94. The number of hydrogen-bond acceptors (Lipinski definition) is 4. The predicted octanol–water partition coefficient (Wildman–Crippen LogP) is 1.16. The van der Waals surface area contributed by atoms with E-state index in [1.807, 2.05) is 0 Å². The molecule has 0 unspecified atom stereocenters. The monoisotopic (exact) mass is 168 g/mol. The smallest absolute Gasteiger partial charge is 0.187 e. The molecule has 58 valence electrons. The van der Waals surface area contributed by atoms with E-state index in [-0.39, 0.29) is 0 Å². The van der Waals surface area contributed by atoms with Crippen molar-refractivity contribution in [3.8, 4) is 0 Å². The molecule has 0 aliphatic rings. The van der Waals surface area contributed by atoms with Crippen molar-refractivity contribution in [2.45, 2.75) is 11.6 Å². The Labute approximate surface area is 69.3 Å². The Morgan fingerprint density at radius 1 is 1.45 bits per heavy atom. The van der Waals surface area contributed by atoms with E-state index in [0.29, 0.717) is 6.42 Å². The van der Waals surface area contributed by atoms with Crippen LogP contribution in [0.25, 0.3) is 0 Å². The third-order valence-electron chi connectivity index (χ3n) is 1.01. The molecule has 1 rings (SSSR count). The Morgan fingerprint density at radius 3 is 2.82 bits per heavy atom. The third-order valence-corrected chi connectivity index (χ3v) is 1.92. The van der Waals surface area contributed by atoms with Gasteiger partial charge in [0.2, 0.25) is 0 Å². The summed E-state index contributed by atoms with van der Waals surface area (Å²) in [7, 11) is 0. The second kappa shape index (κ2) is 4.85. The molecule has 0 amide bonds. The quantitative estimate of drug-likeness (QED) is 0.293. The zero-order valence-corrected chi connectivity index (χ0v) is 6.75. The van der Waals surface area contributed by atoms with Gasteiger partial charge in [0.1, 0.15) is 6.29 Å². The lowest BCUT2D eigenvalue weighted by Gasteiger charge is -1.93. The number of hydrogen-bond donors (Lipinski definition) is 0. The fourth-order valence-corrected chi connectivity index (χ4v) is 1.23. The van der Waals surface area contributed by atoms with Gasteiger partial charge in [0.15, 0.2) is 5.16 Å². The highest BCUT2D eigenvalue weighted by Crippen LogP contribution is 2.10. The molecule has 0 saturated carbocycles. The summed E-state index contributed by atoms with van der Waals surface area (Å²) < 4.78 is 0. The molecule has 0 fully saturated rings. The van der Waals surface area contributed by atoms with Gasteiger partial charge in [-0.2, -0.15) is 0 Å². The number of carbonyl (C=O) groups is 1. The molecule has 0 atom stereocenters. The number of rotatable bonds is 4. The van der Waals surface area contributed by atoms with Crippen molar-refractivity contribution in [2.24, 2.45) is 0 Å². The van der Waals surface area contributed by atoms with Crippen molar-refractivity contribution in [1.82, 2.24) is 9.97 Å². The molecule has 4 heteroatoms. The van der Waals surface area contributed by atoms with E-state index >= 15 is 0 Å². The first-order chi connectivity index (χ1) is 5.43. The summed E-state index contributed by atoms with van der Waals surface area (Å²) in [6, 6.07) is 1.77. The van der Waals surface area contributed by atoms with E-state index in [2.05, 4.69) is 9.97 Å². The van der Waals surface area contributed by atoms with Crippen molar-refractivity contribution in [3.63, 3.8) is 0 Å². The summed E-state index contributed by atoms with van der Waals surface area (Å²) in [5, 5.41) is 0.731. The highest BCUT2D eigenvalue weighted by molar-refractivity contribution is 7.99. The van der Waals surface area contributed by atoms with Crippen LogP contribution in [0.3, 0.4) is 0 Å². The van der Waals surface area contributed by atoms with Gasteiger partial charge in [0.05, 0.1) is 0 Å². The fraction of sp³-hybridized carbons (Fsp3) is 0.286. The predicted molar refractivity (Wildman–Crippen MR) is 43.4 cm³/mol. The van der Waals surface area contributed by atoms with E-state index in [4.69, 9.17) is 0 Å². The minimum absolute atomic E-state index is 0.558. The Hall–Kier alpha value is -0.900. The van der Waals surface area contributed by atoms with Gasteiger partial charge in [-0.3, -0.25) is 0 Å². The van der Waals surface area contributed by atoms with E-state index in [1.54, 1.807) is 18.5 Å². The van der Waals surface area contributed by atoms with Crippen LogP contribution in [0.4, 0.5) is 0 Å².